The Bertz CT molecular complexity index is 174. The number of rotatable bonds is 0. The average molecular weight is 233 g/mol. The molecule has 0 radical (unpaired) electrons. The molecule has 0 saturated heterocycles. The summed E-state index contributed by atoms with van der Waals surface area (Å²) in [5.74, 6) is 0. The van der Waals surface area contributed by atoms with Gasteiger partial charge in [0.15, 0.2) is 0 Å². The lowest BCUT2D eigenvalue weighted by Gasteiger charge is -2.14. The van der Waals surface area contributed by atoms with E-state index >= 15 is 0 Å². The van der Waals surface area contributed by atoms with Crippen LogP contribution in [0.5, 0.6) is 0 Å². The van der Waals surface area contributed by atoms with Gasteiger partial charge in [-0.25, -0.2) is 0 Å². The molecule has 0 heterocycles. The third-order valence-corrected chi connectivity index (χ3v) is 3.62. The lowest BCUT2D eigenvalue weighted by Crippen LogP contribution is -2.14. The molecule has 0 nitrogen and oxygen atoms in total. The molecule has 0 fully saturated rings. The van der Waals surface area contributed by atoms with Crippen LogP contribution >= 0.6 is 23.2 Å². The second-order valence-electron chi connectivity index (χ2n) is 3.71. The first-order chi connectivity index (χ1) is 6.80. The summed E-state index contributed by atoms with van der Waals surface area (Å²) < 4.78 is 0. The standard InChI is InChI=1S/C12H18Cl2/c13-11-9-7-5-3-1-2-4-6-8-10-12(11)14/h3-6,11-12H,1-2,7-10H2/b5-3+,6-4+/t11-,12+. The largest absolute Gasteiger partial charge is 0.121 e. The molecule has 2 heteroatoms. The van der Waals surface area contributed by atoms with Gasteiger partial charge in [-0.1, -0.05) is 24.3 Å². The number of hydrogen-bond donors (Lipinski definition) is 0. The van der Waals surface area contributed by atoms with Gasteiger partial charge in [-0.3, -0.25) is 0 Å². The van der Waals surface area contributed by atoms with E-state index in [2.05, 4.69) is 24.3 Å². The predicted molar refractivity (Wildman–Crippen MR) is 65.3 cm³/mol. The van der Waals surface area contributed by atoms with E-state index in [1.807, 2.05) is 0 Å². The molecule has 0 saturated carbocycles. The SMILES string of the molecule is Cl[C@@H]1CC/C=C/CC/C=C/CC[C@@H]1Cl. The highest BCUT2D eigenvalue weighted by molar-refractivity contribution is 6.29. The monoisotopic (exact) mass is 232 g/mol. The molecule has 0 bridgehead atoms. The second-order valence-corrected chi connectivity index (χ2v) is 4.83. The van der Waals surface area contributed by atoms with Crippen molar-refractivity contribution in [3.8, 4) is 0 Å². The molecule has 1 rings (SSSR count). The zero-order valence-corrected chi connectivity index (χ0v) is 9.97. The van der Waals surface area contributed by atoms with Crippen molar-refractivity contribution < 1.29 is 0 Å². The van der Waals surface area contributed by atoms with Crippen LogP contribution in [-0.2, 0) is 0 Å². The van der Waals surface area contributed by atoms with Crippen molar-refractivity contribution >= 4 is 23.2 Å². The van der Waals surface area contributed by atoms with Crippen LogP contribution in [0.4, 0.5) is 0 Å². The molecule has 0 unspecified atom stereocenters. The van der Waals surface area contributed by atoms with E-state index in [4.69, 9.17) is 23.2 Å². The predicted octanol–water partition coefficient (Wildman–Crippen LogP) is 4.67. The molecule has 0 aliphatic heterocycles. The number of alkyl halides is 2. The summed E-state index contributed by atoms with van der Waals surface area (Å²) in [6.07, 6.45) is 15.3. The van der Waals surface area contributed by atoms with Crippen molar-refractivity contribution in [2.75, 3.05) is 0 Å². The van der Waals surface area contributed by atoms with E-state index in [9.17, 15) is 0 Å². The van der Waals surface area contributed by atoms with E-state index in [1.54, 1.807) is 0 Å². The number of halogens is 2. The Kier molecular flexibility index (Phi) is 6.38. The fraction of sp³-hybridized carbons (Fsp3) is 0.667. The van der Waals surface area contributed by atoms with Gasteiger partial charge < -0.3 is 0 Å². The summed E-state index contributed by atoms with van der Waals surface area (Å²) in [4.78, 5) is 0. The topological polar surface area (TPSA) is 0 Å². The van der Waals surface area contributed by atoms with Crippen LogP contribution in [0, 0.1) is 0 Å². The fourth-order valence-corrected chi connectivity index (χ4v) is 2.04. The van der Waals surface area contributed by atoms with Crippen LogP contribution in [0.3, 0.4) is 0 Å². The van der Waals surface area contributed by atoms with Crippen LogP contribution in [0.25, 0.3) is 0 Å². The highest BCUT2D eigenvalue weighted by Crippen LogP contribution is 2.21. The van der Waals surface area contributed by atoms with E-state index in [1.165, 1.54) is 0 Å². The Labute approximate surface area is 97.0 Å². The highest BCUT2D eigenvalue weighted by atomic mass is 35.5. The molecular weight excluding hydrogens is 215 g/mol. The zero-order valence-electron chi connectivity index (χ0n) is 8.46. The van der Waals surface area contributed by atoms with Gasteiger partial charge in [0, 0.05) is 0 Å². The number of allylic oxidation sites excluding steroid dienone is 4. The summed E-state index contributed by atoms with van der Waals surface area (Å²) >= 11 is 12.3. The second kappa shape index (κ2) is 7.36. The quantitative estimate of drug-likeness (QED) is 0.421. The first-order valence-corrected chi connectivity index (χ1v) is 6.26. The molecule has 1 aliphatic carbocycles. The minimum absolute atomic E-state index is 0.120. The van der Waals surface area contributed by atoms with Crippen LogP contribution in [0.15, 0.2) is 24.3 Å². The Balaban J connectivity index is 2.41. The molecule has 0 aromatic rings. The van der Waals surface area contributed by atoms with Crippen LogP contribution in [0.2, 0.25) is 0 Å². The summed E-state index contributed by atoms with van der Waals surface area (Å²) in [5.41, 5.74) is 0. The first kappa shape index (κ1) is 12.1. The van der Waals surface area contributed by atoms with Gasteiger partial charge in [-0.15, -0.1) is 23.2 Å². The van der Waals surface area contributed by atoms with Crippen LogP contribution < -0.4 is 0 Å². The molecule has 0 N–H and O–H groups in total. The van der Waals surface area contributed by atoms with E-state index in [0.717, 1.165) is 38.5 Å². The van der Waals surface area contributed by atoms with Crippen molar-refractivity contribution in [3.05, 3.63) is 24.3 Å². The Morgan fingerprint density at radius 2 is 1.00 bits per heavy atom. The van der Waals surface area contributed by atoms with Gasteiger partial charge in [0.1, 0.15) is 0 Å². The minimum atomic E-state index is 0.120. The maximum atomic E-state index is 6.17. The Hall–Kier alpha value is 0.0600. The molecular formula is C12H18Cl2. The molecule has 0 spiro atoms. The lowest BCUT2D eigenvalue weighted by atomic mass is 10.1. The van der Waals surface area contributed by atoms with Gasteiger partial charge in [0.2, 0.25) is 0 Å². The summed E-state index contributed by atoms with van der Waals surface area (Å²) in [6, 6.07) is 0. The maximum absolute atomic E-state index is 6.17. The molecule has 0 aromatic carbocycles. The third-order valence-electron chi connectivity index (χ3n) is 2.44. The molecule has 14 heavy (non-hydrogen) atoms. The van der Waals surface area contributed by atoms with Gasteiger partial charge in [-0.05, 0) is 38.5 Å². The van der Waals surface area contributed by atoms with Gasteiger partial charge in [0.05, 0.1) is 10.8 Å². The third kappa shape index (κ3) is 5.07. The Morgan fingerprint density at radius 3 is 1.43 bits per heavy atom. The average Bonchev–Trinajstić information content (AvgIpc) is 2.18. The zero-order chi connectivity index (χ0) is 10.2. The van der Waals surface area contributed by atoms with Crippen molar-refractivity contribution in [1.82, 2.24) is 0 Å². The summed E-state index contributed by atoms with van der Waals surface area (Å²) in [5, 5.41) is 0.239. The first-order valence-electron chi connectivity index (χ1n) is 5.39. The summed E-state index contributed by atoms with van der Waals surface area (Å²) in [7, 11) is 0. The van der Waals surface area contributed by atoms with Crippen molar-refractivity contribution in [2.45, 2.75) is 49.3 Å². The molecule has 0 aromatic heterocycles. The highest BCUT2D eigenvalue weighted by Gasteiger charge is 2.14. The van der Waals surface area contributed by atoms with E-state index < -0.39 is 0 Å². The normalized spacial score (nSPS) is 35.3. The van der Waals surface area contributed by atoms with Gasteiger partial charge in [0.25, 0.3) is 0 Å². The smallest absolute Gasteiger partial charge is 0.0502 e. The van der Waals surface area contributed by atoms with Gasteiger partial charge >= 0.3 is 0 Å². The molecule has 80 valence electrons. The number of hydrogen-bond acceptors (Lipinski definition) is 0. The molecule has 2 atom stereocenters. The fourth-order valence-electron chi connectivity index (χ4n) is 1.54. The Morgan fingerprint density at radius 1 is 0.643 bits per heavy atom. The molecule has 1 aliphatic rings. The summed E-state index contributed by atoms with van der Waals surface area (Å²) in [6.45, 7) is 0. The minimum Gasteiger partial charge on any atom is -0.121 e. The van der Waals surface area contributed by atoms with Crippen LogP contribution in [0.1, 0.15) is 38.5 Å². The lowest BCUT2D eigenvalue weighted by molar-refractivity contribution is 0.666. The maximum Gasteiger partial charge on any atom is 0.0502 e. The van der Waals surface area contributed by atoms with Crippen LogP contribution in [-0.4, -0.2) is 10.8 Å². The van der Waals surface area contributed by atoms with E-state index in [0.29, 0.717) is 0 Å². The van der Waals surface area contributed by atoms with Gasteiger partial charge in [-0.2, -0.15) is 0 Å². The van der Waals surface area contributed by atoms with E-state index in [-0.39, 0.29) is 10.8 Å². The van der Waals surface area contributed by atoms with Crippen molar-refractivity contribution in [3.63, 3.8) is 0 Å². The van der Waals surface area contributed by atoms with Crippen molar-refractivity contribution in [1.29, 1.82) is 0 Å². The molecule has 0 amide bonds. The van der Waals surface area contributed by atoms with Crippen molar-refractivity contribution in [2.24, 2.45) is 0 Å².